The summed E-state index contributed by atoms with van der Waals surface area (Å²) in [5.74, 6) is 0.731. The van der Waals surface area contributed by atoms with Gasteiger partial charge < -0.3 is 23.7 Å². The lowest BCUT2D eigenvalue weighted by Gasteiger charge is -2.21. The molecule has 9 heteroatoms. The highest BCUT2D eigenvalue weighted by molar-refractivity contribution is 5.81. The second-order valence-electron chi connectivity index (χ2n) is 10.0. The number of fused-ring (bicyclic) bond motifs is 1. The van der Waals surface area contributed by atoms with Crippen LogP contribution in [0.5, 0.6) is 0 Å². The number of rotatable bonds is 9. The monoisotopic (exact) mass is 496 g/mol. The van der Waals surface area contributed by atoms with Crippen LogP contribution in [0.2, 0.25) is 0 Å². The Bertz CT molecular complexity index is 1260. The van der Waals surface area contributed by atoms with Gasteiger partial charge in [0.2, 0.25) is 0 Å². The van der Waals surface area contributed by atoms with Crippen LogP contribution in [-0.2, 0) is 34.4 Å². The van der Waals surface area contributed by atoms with Crippen molar-refractivity contribution >= 4 is 17.0 Å². The van der Waals surface area contributed by atoms with E-state index in [9.17, 15) is 14.7 Å². The zero-order chi connectivity index (χ0) is 26.0. The van der Waals surface area contributed by atoms with E-state index in [1.807, 2.05) is 37.4 Å². The third kappa shape index (κ3) is 5.69. The summed E-state index contributed by atoms with van der Waals surface area (Å²) in [6, 6.07) is 7.10. The Morgan fingerprint density at radius 3 is 2.72 bits per heavy atom. The number of aliphatic hydroxyl groups excluding tert-OH is 1. The number of esters is 1. The van der Waals surface area contributed by atoms with Crippen molar-refractivity contribution in [1.82, 2.24) is 19.4 Å². The number of aryl methyl sites for hydroxylation is 2. The van der Waals surface area contributed by atoms with Crippen LogP contribution in [-0.4, -0.2) is 56.7 Å². The summed E-state index contributed by atoms with van der Waals surface area (Å²) >= 11 is 0. The van der Waals surface area contributed by atoms with Gasteiger partial charge in [-0.2, -0.15) is 0 Å². The van der Waals surface area contributed by atoms with Crippen molar-refractivity contribution in [3.8, 4) is 11.4 Å². The fourth-order valence-electron chi connectivity index (χ4n) is 4.66. The Morgan fingerprint density at radius 2 is 2.08 bits per heavy atom. The molecule has 0 radical (unpaired) electrons. The molecule has 2 N–H and O–H groups in total. The van der Waals surface area contributed by atoms with E-state index in [1.54, 1.807) is 32.4 Å². The molecule has 194 valence electrons. The normalized spacial score (nSPS) is 17.6. The molecule has 3 heterocycles. The summed E-state index contributed by atoms with van der Waals surface area (Å²) < 4.78 is 14.7. The Morgan fingerprint density at radius 1 is 1.31 bits per heavy atom. The number of nitrogens with zero attached hydrogens (tertiary/aromatic N) is 3. The number of pyridine rings is 1. The van der Waals surface area contributed by atoms with Gasteiger partial charge in [0.15, 0.2) is 0 Å². The van der Waals surface area contributed by atoms with Crippen molar-refractivity contribution in [2.24, 2.45) is 13.0 Å². The summed E-state index contributed by atoms with van der Waals surface area (Å²) in [6.07, 6.45) is 1.67. The van der Waals surface area contributed by atoms with Gasteiger partial charge in [0, 0.05) is 50.0 Å². The Hall–Kier alpha value is -3.01. The Labute approximate surface area is 211 Å². The third-order valence-corrected chi connectivity index (χ3v) is 6.51. The molecule has 0 aliphatic carbocycles. The lowest BCUT2D eigenvalue weighted by molar-refractivity contribution is -0.152. The lowest BCUT2D eigenvalue weighted by Crippen LogP contribution is -2.46. The van der Waals surface area contributed by atoms with E-state index in [4.69, 9.17) is 14.5 Å². The van der Waals surface area contributed by atoms with E-state index >= 15 is 0 Å². The van der Waals surface area contributed by atoms with Crippen LogP contribution in [0.25, 0.3) is 22.4 Å². The van der Waals surface area contributed by atoms with Gasteiger partial charge in [0.05, 0.1) is 29.8 Å². The van der Waals surface area contributed by atoms with Crippen LogP contribution < -0.4 is 10.9 Å². The minimum Gasteiger partial charge on any atom is -0.462 e. The molecule has 1 aliphatic heterocycles. The number of imidazole rings is 1. The largest absolute Gasteiger partial charge is 0.462 e. The molecule has 36 heavy (non-hydrogen) atoms. The first kappa shape index (κ1) is 26.1. The van der Waals surface area contributed by atoms with E-state index in [-0.39, 0.29) is 11.7 Å². The summed E-state index contributed by atoms with van der Waals surface area (Å²) in [6.45, 7) is 9.58. The van der Waals surface area contributed by atoms with Gasteiger partial charge in [-0.05, 0) is 57.9 Å². The second-order valence-corrected chi connectivity index (χ2v) is 10.0. The minimum atomic E-state index is -0.896. The van der Waals surface area contributed by atoms with Crippen LogP contribution in [0.3, 0.4) is 0 Å². The van der Waals surface area contributed by atoms with Crippen LogP contribution >= 0.6 is 0 Å². The van der Waals surface area contributed by atoms with Gasteiger partial charge in [0.25, 0.3) is 5.56 Å². The van der Waals surface area contributed by atoms with Crippen molar-refractivity contribution in [2.75, 3.05) is 13.2 Å². The predicted molar refractivity (Wildman–Crippen MR) is 138 cm³/mol. The number of ether oxygens (including phenoxy) is 2. The van der Waals surface area contributed by atoms with E-state index in [1.165, 1.54) is 0 Å². The number of nitrogens with one attached hydrogen (secondary N) is 1. The maximum atomic E-state index is 12.4. The highest BCUT2D eigenvalue weighted by Gasteiger charge is 2.26. The molecule has 0 saturated carbocycles. The molecule has 1 aliphatic rings. The van der Waals surface area contributed by atoms with Crippen molar-refractivity contribution in [1.29, 1.82) is 0 Å². The first-order chi connectivity index (χ1) is 17.1. The highest BCUT2D eigenvalue weighted by atomic mass is 16.5. The van der Waals surface area contributed by atoms with Crippen molar-refractivity contribution in [3.63, 3.8) is 0 Å². The van der Waals surface area contributed by atoms with Gasteiger partial charge in [-0.1, -0.05) is 6.07 Å². The third-order valence-electron chi connectivity index (χ3n) is 6.51. The molecule has 1 unspecified atom stereocenters. The number of hydrogen-bond acceptors (Lipinski definition) is 7. The fraction of sp³-hybridized carbons (Fsp3) is 0.519. The number of aromatic nitrogens is 3. The van der Waals surface area contributed by atoms with Gasteiger partial charge in [-0.25, -0.2) is 4.98 Å². The average molecular weight is 497 g/mol. The van der Waals surface area contributed by atoms with Gasteiger partial charge in [-0.3, -0.25) is 14.9 Å². The number of carbonyl (C=O) groups is 1. The molecule has 3 atom stereocenters. The van der Waals surface area contributed by atoms with Gasteiger partial charge >= 0.3 is 5.97 Å². The topological polar surface area (TPSA) is 108 Å². The zero-order valence-electron chi connectivity index (χ0n) is 21.7. The van der Waals surface area contributed by atoms with Crippen LogP contribution in [0.15, 0.2) is 35.3 Å². The van der Waals surface area contributed by atoms with Crippen LogP contribution in [0, 0.1) is 12.8 Å². The Balaban J connectivity index is 1.67. The van der Waals surface area contributed by atoms with Crippen molar-refractivity contribution in [2.45, 2.75) is 65.5 Å². The maximum absolute atomic E-state index is 12.4. The molecule has 2 aromatic heterocycles. The molecule has 1 saturated heterocycles. The van der Waals surface area contributed by atoms with E-state index in [2.05, 4.69) is 9.88 Å². The van der Waals surface area contributed by atoms with Crippen LogP contribution in [0.4, 0.5) is 0 Å². The second kappa shape index (κ2) is 10.9. The molecular weight excluding hydrogens is 460 g/mol. The lowest BCUT2D eigenvalue weighted by atomic mass is 10.1. The first-order valence-electron chi connectivity index (χ1n) is 12.5. The number of benzene rings is 1. The quantitative estimate of drug-likeness (QED) is 0.439. The average Bonchev–Trinajstić information content (AvgIpc) is 3.45. The predicted octanol–water partition coefficient (Wildman–Crippen LogP) is 2.54. The van der Waals surface area contributed by atoms with E-state index in [0.29, 0.717) is 18.0 Å². The standard InChI is InChI=1S/C27H36N4O5/c1-16(2)36-27(34)24(18(4)32)28-12-19-6-7-23-22(11-19)29-25(31(23)13-20-8-9-35-15-20)21-10-17(3)26(33)30(5)14-21/h6-7,10-11,14,16,18,20,24,28,32H,8-9,12-13,15H2,1-5H3/t18-,20?,24+/m1/s1. The van der Waals surface area contributed by atoms with E-state index in [0.717, 1.165) is 54.2 Å². The number of carbonyl (C=O) groups excluding carboxylic acids is 1. The highest BCUT2D eigenvalue weighted by Crippen LogP contribution is 2.28. The molecule has 3 aromatic rings. The minimum absolute atomic E-state index is 0.0253. The number of hydrogen-bond donors (Lipinski definition) is 2. The van der Waals surface area contributed by atoms with Crippen molar-refractivity contribution < 1.29 is 19.4 Å². The molecule has 1 fully saturated rings. The molecule has 4 rings (SSSR count). The molecule has 0 spiro atoms. The first-order valence-corrected chi connectivity index (χ1v) is 12.5. The molecule has 9 nitrogen and oxygen atoms in total. The summed E-state index contributed by atoms with van der Waals surface area (Å²) in [5, 5.41) is 13.2. The SMILES string of the molecule is Cc1cc(-c2nc3cc(CN[C@H](C(=O)OC(C)C)[C@@H](C)O)ccc3n2CC2CCOC2)cn(C)c1=O. The van der Waals surface area contributed by atoms with Gasteiger partial charge in [0.1, 0.15) is 11.9 Å². The smallest absolute Gasteiger partial charge is 0.326 e. The van der Waals surface area contributed by atoms with Crippen LogP contribution in [0.1, 0.15) is 38.3 Å². The maximum Gasteiger partial charge on any atom is 0.326 e. The zero-order valence-corrected chi connectivity index (χ0v) is 21.7. The summed E-state index contributed by atoms with van der Waals surface area (Å²) in [4.78, 5) is 29.6. The van der Waals surface area contributed by atoms with Crippen molar-refractivity contribution in [3.05, 3.63) is 51.9 Å². The Kier molecular flexibility index (Phi) is 7.92. The van der Waals surface area contributed by atoms with E-state index < -0.39 is 18.1 Å². The molecule has 0 amide bonds. The number of aliphatic hydroxyl groups is 1. The molecule has 0 bridgehead atoms. The molecular formula is C27H36N4O5. The molecule has 1 aromatic carbocycles. The fourth-order valence-corrected chi connectivity index (χ4v) is 4.66. The van der Waals surface area contributed by atoms with Gasteiger partial charge in [-0.15, -0.1) is 0 Å². The summed E-state index contributed by atoms with van der Waals surface area (Å²) in [7, 11) is 1.75. The summed E-state index contributed by atoms with van der Waals surface area (Å²) in [5.41, 5.74) is 4.28.